The van der Waals surface area contributed by atoms with E-state index in [4.69, 9.17) is 38.9 Å². The highest BCUT2D eigenvalue weighted by Gasteiger charge is 2.34. The number of thioether (sulfide) groups is 6. The standard InChI is InChI=1S/2C16H21NO4S.C14H18FNO3S.C14H18N2O5S.C14H20N2O3S.C14H19NO3S.CH3I/c1-10(18)12-8-14-11(7-13(12)19)9-17(5-6-22-14)15(20)21-16(2,3)4;1-11(18)20-13-5-6-14-12(9-13)10-17(7-8-22-14)15(19)21-16(2,3)4;1-14(2,3)19-13(18)16-4-5-20-12-7-10(15)11(17)6-9(12)8-16;1-14(2,3)21-13(18)15-4-5-22-12-7-10(16(19)20)11(17)6-9(12)8-15;1-14(2,3)19-13(18)16-4-5-20-12-7-10(15)11(17)6-9(12)8-16;1-14(2,3)18-13(17)15-6-7-19-12-5-4-11(16)8-10(12)9-15;1-2/h7-8,19H,5-6,9H2,1-4H3;5-6,9H,7-8,10H2,1-4H3;6-7,17H,4-5,8H2,1-3H3;6-7,17H,4-5,8H2,1-3H3;6-7,17H,4-5,8,15H2,1-3H3;4-5,8,16H,6-7,9H2,1-3H3;1H3. The molecule has 0 spiro atoms. The van der Waals surface area contributed by atoms with Gasteiger partial charge >= 0.3 is 48.2 Å². The number of Topliss-reactive ketones (excluding diaryl/α,β-unsaturated/α-hetero) is 1. The molecule has 6 aliphatic heterocycles. The van der Waals surface area contributed by atoms with E-state index in [1.807, 2.05) is 127 Å². The largest absolute Gasteiger partial charge is 0.508 e. The minimum Gasteiger partial charge on any atom is -0.508 e. The summed E-state index contributed by atoms with van der Waals surface area (Å²) in [4.78, 5) is 123. The van der Waals surface area contributed by atoms with Crippen LogP contribution in [0.2, 0.25) is 0 Å². The Morgan fingerprint density at radius 3 is 0.976 bits per heavy atom. The predicted molar refractivity (Wildman–Crippen MR) is 503 cm³/mol. The van der Waals surface area contributed by atoms with Gasteiger partial charge in [-0.3, -0.25) is 19.7 Å². The van der Waals surface area contributed by atoms with Crippen molar-refractivity contribution in [1.82, 2.24) is 29.4 Å². The number of rotatable bonds is 3. The number of phenolic OH excluding ortho intramolecular Hbond substituents is 5. The van der Waals surface area contributed by atoms with Crippen LogP contribution in [-0.2, 0) is 72.5 Å². The lowest BCUT2D eigenvalue weighted by Gasteiger charge is -2.26. The van der Waals surface area contributed by atoms with Gasteiger partial charge in [-0.05, 0) is 249 Å². The Kier molecular flexibility index (Phi) is 39.6. The van der Waals surface area contributed by atoms with E-state index in [2.05, 4.69) is 22.6 Å². The number of nitrogens with two attached hydrogens (primary N) is 1. The number of ketones is 1. The van der Waals surface area contributed by atoms with Crippen molar-refractivity contribution in [2.45, 2.75) is 241 Å². The molecule has 0 saturated carbocycles. The molecule has 0 radical (unpaired) electrons. The fraction of sp³-hybridized carbons (Fsp3) is 0.506. The normalized spacial score (nSPS) is 15.0. The first-order valence-corrected chi connectivity index (χ1v) is 48.7. The van der Waals surface area contributed by atoms with Crippen LogP contribution >= 0.6 is 93.2 Å². The number of hydrogen-bond donors (Lipinski definition) is 6. The van der Waals surface area contributed by atoms with Crippen LogP contribution < -0.4 is 10.5 Å². The first kappa shape index (κ1) is 107. The number of nitro benzene ring substituents is 1. The van der Waals surface area contributed by atoms with Gasteiger partial charge in [0, 0.05) is 116 Å². The zero-order chi connectivity index (χ0) is 95.2. The maximum absolute atomic E-state index is 13.3. The molecule has 6 aromatic carbocycles. The van der Waals surface area contributed by atoms with Gasteiger partial charge in [0.05, 0.1) is 55.4 Å². The predicted octanol–water partition coefficient (Wildman–Crippen LogP) is 20.5. The Labute approximate surface area is 782 Å². The maximum atomic E-state index is 13.3. The molecule has 30 nitrogen and oxygen atoms in total. The van der Waals surface area contributed by atoms with Gasteiger partial charge in [-0.1, -0.05) is 22.6 Å². The number of halogens is 2. The number of anilines is 1. The molecule has 0 aromatic heterocycles. The molecule has 6 aliphatic rings. The second kappa shape index (κ2) is 47.0. The van der Waals surface area contributed by atoms with Gasteiger partial charge in [-0.15, -0.1) is 70.6 Å². The number of carbonyl (C=O) groups is 8. The van der Waals surface area contributed by atoms with Gasteiger partial charge in [0.2, 0.25) is 0 Å². The highest BCUT2D eigenvalue weighted by molar-refractivity contribution is 14.1. The number of fused-ring (bicyclic) bond motifs is 6. The molecule has 6 amide bonds. The van der Waals surface area contributed by atoms with Crippen LogP contribution in [0.5, 0.6) is 34.5 Å². The van der Waals surface area contributed by atoms with Crippen LogP contribution in [0.4, 0.5) is 44.5 Å². The number of nitro groups is 1. The molecule has 0 unspecified atom stereocenters. The average molecular weight is 1990 g/mol. The molecule has 6 heterocycles. The molecule has 38 heteroatoms. The second-order valence-corrected chi connectivity index (χ2v) is 42.1. The van der Waals surface area contributed by atoms with E-state index in [-0.39, 0.29) is 65.6 Å². The number of phenols is 5. The summed E-state index contributed by atoms with van der Waals surface area (Å²) >= 11 is 11.6. The van der Waals surface area contributed by atoms with Crippen LogP contribution in [-0.4, -0.2) is 220 Å². The second-order valence-electron chi connectivity index (χ2n) is 35.3. The van der Waals surface area contributed by atoms with Gasteiger partial charge in [0.15, 0.2) is 23.1 Å². The van der Waals surface area contributed by atoms with Crippen LogP contribution in [0.1, 0.15) is 182 Å². The summed E-state index contributed by atoms with van der Waals surface area (Å²) in [5, 5.41) is 59.3. The van der Waals surface area contributed by atoms with Gasteiger partial charge in [-0.25, -0.2) is 33.2 Å². The van der Waals surface area contributed by atoms with Crippen molar-refractivity contribution in [3.63, 3.8) is 0 Å². The quantitative estimate of drug-likeness (QED) is 0.00915. The Bertz CT molecular complexity index is 4690. The third kappa shape index (κ3) is 36.1. The van der Waals surface area contributed by atoms with Crippen molar-refractivity contribution in [3.05, 3.63) is 140 Å². The maximum Gasteiger partial charge on any atom is 0.410 e. The van der Waals surface area contributed by atoms with E-state index in [9.17, 15) is 78.4 Å². The van der Waals surface area contributed by atoms with E-state index in [1.165, 1.54) is 66.5 Å². The van der Waals surface area contributed by atoms with Crippen molar-refractivity contribution in [1.29, 1.82) is 0 Å². The van der Waals surface area contributed by atoms with Crippen molar-refractivity contribution in [3.8, 4) is 34.5 Å². The van der Waals surface area contributed by atoms with Gasteiger partial charge in [0.25, 0.3) is 0 Å². The fourth-order valence-electron chi connectivity index (χ4n) is 12.0. The smallest absolute Gasteiger partial charge is 0.410 e. The number of aromatic hydroxyl groups is 5. The first-order valence-electron chi connectivity index (χ1n) is 40.6. The average Bonchev–Trinajstić information content (AvgIpc) is 1.80. The number of nitrogen functional groups attached to an aromatic ring is 1. The summed E-state index contributed by atoms with van der Waals surface area (Å²) < 4.78 is 50.8. The Balaban J connectivity index is 0.000000234. The Morgan fingerprint density at radius 1 is 0.378 bits per heavy atom. The minimum absolute atomic E-state index is 0.0436. The highest BCUT2D eigenvalue weighted by atomic mass is 127. The van der Waals surface area contributed by atoms with Crippen molar-refractivity contribution >= 4 is 153 Å². The number of nitrogens with zero attached hydrogens (tertiary/aromatic N) is 7. The van der Waals surface area contributed by atoms with Crippen molar-refractivity contribution < 1.29 is 106 Å². The number of carbonyl (C=O) groups excluding carboxylic acids is 8. The van der Waals surface area contributed by atoms with Crippen LogP contribution in [0.3, 0.4) is 0 Å². The third-order valence-corrected chi connectivity index (χ3v) is 23.9. The summed E-state index contributed by atoms with van der Waals surface area (Å²) in [6.07, 6.45) is -2.14. The number of esters is 1. The zero-order valence-electron chi connectivity index (χ0n) is 75.9. The summed E-state index contributed by atoms with van der Waals surface area (Å²) in [5.74, 6) is 3.18. The van der Waals surface area contributed by atoms with Gasteiger partial charge < -0.3 is 93.8 Å². The lowest BCUT2D eigenvalue weighted by atomic mass is 10.1. The highest BCUT2D eigenvalue weighted by Crippen LogP contribution is 2.41. The van der Waals surface area contributed by atoms with Crippen LogP contribution in [0.25, 0.3) is 0 Å². The van der Waals surface area contributed by atoms with Gasteiger partial charge in [-0.2, -0.15) is 0 Å². The van der Waals surface area contributed by atoms with Gasteiger partial charge in [0.1, 0.15) is 56.6 Å². The van der Waals surface area contributed by atoms with Crippen LogP contribution in [0.15, 0.2) is 114 Å². The molecule has 6 aromatic rings. The molecule has 0 aliphatic carbocycles. The van der Waals surface area contributed by atoms with E-state index in [0.29, 0.717) is 117 Å². The first-order chi connectivity index (χ1) is 59.0. The summed E-state index contributed by atoms with van der Waals surface area (Å²) in [5.41, 5.74) is 7.93. The summed E-state index contributed by atoms with van der Waals surface area (Å²) in [7, 11) is 0. The lowest BCUT2D eigenvalue weighted by Crippen LogP contribution is -2.37. The molecule has 7 N–H and O–H groups in total. The molecular weight excluding hydrogens is 1870 g/mol. The molecule has 0 atom stereocenters. The van der Waals surface area contributed by atoms with E-state index >= 15 is 0 Å². The van der Waals surface area contributed by atoms with Crippen molar-refractivity contribution in [2.75, 3.05) is 84.4 Å². The molecule has 127 heavy (non-hydrogen) atoms. The Hall–Kier alpha value is -8.96. The Morgan fingerprint density at radius 2 is 0.654 bits per heavy atom. The van der Waals surface area contributed by atoms with Crippen molar-refractivity contribution in [2.24, 2.45) is 0 Å². The van der Waals surface area contributed by atoms with Crippen LogP contribution in [0, 0.1) is 15.9 Å². The summed E-state index contributed by atoms with van der Waals surface area (Å²) in [6.45, 7) is 41.5. The number of benzene rings is 6. The number of hydrogen-bond acceptors (Lipinski definition) is 29. The topological polar surface area (TPSA) is 391 Å². The zero-order valence-corrected chi connectivity index (χ0v) is 83.0. The van der Waals surface area contributed by atoms with E-state index in [1.54, 1.807) is 135 Å². The molecule has 0 bridgehead atoms. The number of amides is 6. The van der Waals surface area contributed by atoms with E-state index < -0.39 is 68.0 Å². The lowest BCUT2D eigenvalue weighted by molar-refractivity contribution is -0.386. The van der Waals surface area contributed by atoms with E-state index in [0.717, 1.165) is 69.6 Å². The monoisotopic (exact) mass is 1990 g/mol. The number of alkyl halides is 1. The minimum atomic E-state index is -0.637. The third-order valence-electron chi connectivity index (χ3n) is 17.4. The molecule has 12 rings (SSSR count). The molecule has 0 fully saturated rings. The fourth-order valence-corrected chi connectivity index (χ4v) is 18.1. The molecular formula is C89H120FIN8O22S6. The molecule has 698 valence electrons. The number of ether oxygens (including phenoxy) is 7. The summed E-state index contributed by atoms with van der Waals surface area (Å²) in [6, 6.07) is 22.9. The molecule has 0 saturated heterocycles. The SMILES string of the molecule is CC(=O)Oc1ccc2c(c1)CN(C(=O)OC(C)(C)C)CCS2.CC(=O)c1cc2c(cc1O)CN(C(=O)OC(C)(C)C)CCS2.CC(C)(C)OC(=O)N1CCSc2cc(F)c(O)cc2C1.CC(C)(C)OC(=O)N1CCSc2cc(N)c(O)cc2C1.CC(C)(C)OC(=O)N1CCSc2cc([N+](=O)[O-])c(O)cc2C1.CC(C)(C)OC(=O)N1CCSc2ccc(O)cc2C1.CI.